The summed E-state index contributed by atoms with van der Waals surface area (Å²) in [5, 5.41) is 3.43. The van der Waals surface area contributed by atoms with Crippen LogP contribution in [0, 0.1) is 0 Å². The zero-order chi connectivity index (χ0) is 12.0. The lowest BCUT2D eigenvalue weighted by molar-refractivity contribution is 0.460. The predicted octanol–water partition coefficient (Wildman–Crippen LogP) is 2.00. The van der Waals surface area contributed by atoms with Crippen LogP contribution in [-0.2, 0) is 23.1 Å². The monoisotopic (exact) mass is 261 g/mol. The van der Waals surface area contributed by atoms with Crippen molar-refractivity contribution >= 4 is 22.6 Å². The first kappa shape index (κ1) is 13.8. The highest BCUT2D eigenvalue weighted by molar-refractivity contribution is 7.97. The predicted molar refractivity (Wildman–Crippen MR) is 71.2 cm³/mol. The number of furan rings is 1. The van der Waals surface area contributed by atoms with Gasteiger partial charge in [-0.1, -0.05) is 0 Å². The Kier molecular flexibility index (Phi) is 6.16. The molecular formula is C11H19NO2S2. The molecule has 0 aromatic carbocycles. The quantitative estimate of drug-likeness (QED) is 0.815. The summed E-state index contributed by atoms with van der Waals surface area (Å²) in [7, 11) is -0.762. The van der Waals surface area contributed by atoms with Gasteiger partial charge in [-0.3, -0.25) is 4.21 Å². The highest BCUT2D eigenvalue weighted by atomic mass is 32.2. The Bertz CT molecular complexity index is 338. The maximum atomic E-state index is 11.1. The first-order chi connectivity index (χ1) is 7.63. The number of nitrogens with one attached hydrogen (secondary N) is 1. The van der Waals surface area contributed by atoms with Crippen LogP contribution in [0.2, 0.25) is 0 Å². The lowest BCUT2D eigenvalue weighted by atomic mass is 10.4. The Hall–Kier alpha value is -0.260. The van der Waals surface area contributed by atoms with Crippen molar-refractivity contribution in [2.75, 3.05) is 19.1 Å². The van der Waals surface area contributed by atoms with Crippen LogP contribution < -0.4 is 5.32 Å². The van der Waals surface area contributed by atoms with E-state index in [0.717, 1.165) is 23.8 Å². The average molecular weight is 261 g/mol. The molecule has 5 heteroatoms. The van der Waals surface area contributed by atoms with Crippen molar-refractivity contribution in [2.45, 2.75) is 24.5 Å². The highest BCUT2D eigenvalue weighted by Gasteiger charge is 2.06. The standard InChI is InChI=1S/C11H19NO2S2/c1-9(16(3)13)6-12-7-10-4-5-11(14-10)8-15-2/h4-5,9,12H,6-8H2,1-3H3. The van der Waals surface area contributed by atoms with Crippen molar-refractivity contribution in [3.8, 4) is 0 Å². The molecule has 1 N–H and O–H groups in total. The lowest BCUT2D eigenvalue weighted by Crippen LogP contribution is -2.26. The van der Waals surface area contributed by atoms with Crippen LogP contribution in [0.25, 0.3) is 0 Å². The Morgan fingerprint density at radius 2 is 2.19 bits per heavy atom. The third-order valence-electron chi connectivity index (χ3n) is 2.30. The van der Waals surface area contributed by atoms with Crippen molar-refractivity contribution in [3.05, 3.63) is 23.7 Å². The van der Waals surface area contributed by atoms with Gasteiger partial charge in [-0.2, -0.15) is 11.8 Å². The number of hydrogen-bond acceptors (Lipinski definition) is 4. The second kappa shape index (κ2) is 7.14. The molecule has 0 aliphatic carbocycles. The van der Waals surface area contributed by atoms with E-state index in [2.05, 4.69) is 11.6 Å². The maximum Gasteiger partial charge on any atom is 0.118 e. The smallest absolute Gasteiger partial charge is 0.118 e. The summed E-state index contributed by atoms with van der Waals surface area (Å²) in [6, 6.07) is 4.00. The summed E-state index contributed by atoms with van der Waals surface area (Å²) < 4.78 is 16.7. The Morgan fingerprint density at radius 3 is 2.81 bits per heavy atom. The number of rotatable bonds is 7. The van der Waals surface area contributed by atoms with Gasteiger partial charge in [0.2, 0.25) is 0 Å². The lowest BCUT2D eigenvalue weighted by Gasteiger charge is -2.08. The molecule has 0 aliphatic rings. The van der Waals surface area contributed by atoms with E-state index < -0.39 is 10.8 Å². The minimum Gasteiger partial charge on any atom is -0.464 e. The molecule has 1 aromatic heterocycles. The fourth-order valence-electron chi connectivity index (χ4n) is 1.25. The van der Waals surface area contributed by atoms with E-state index in [0.29, 0.717) is 6.54 Å². The second-order valence-corrected chi connectivity index (χ2v) is 6.41. The molecule has 0 bridgehead atoms. The third kappa shape index (κ3) is 4.72. The summed E-state index contributed by atoms with van der Waals surface area (Å²) in [5.74, 6) is 2.87. The maximum absolute atomic E-state index is 11.1. The molecule has 0 spiro atoms. The van der Waals surface area contributed by atoms with E-state index in [-0.39, 0.29) is 5.25 Å². The Labute approximate surface area is 104 Å². The van der Waals surface area contributed by atoms with Crippen LogP contribution >= 0.6 is 11.8 Å². The zero-order valence-electron chi connectivity index (χ0n) is 9.99. The Balaban J connectivity index is 2.29. The van der Waals surface area contributed by atoms with Gasteiger partial charge in [0, 0.05) is 28.9 Å². The minimum absolute atomic E-state index is 0.181. The fraction of sp³-hybridized carbons (Fsp3) is 0.636. The summed E-state index contributed by atoms with van der Waals surface area (Å²) in [4.78, 5) is 0. The van der Waals surface area contributed by atoms with Crippen LogP contribution in [-0.4, -0.2) is 28.5 Å². The molecule has 2 atom stereocenters. The summed E-state index contributed by atoms with van der Waals surface area (Å²) in [5.41, 5.74) is 0. The van der Waals surface area contributed by atoms with E-state index in [9.17, 15) is 4.21 Å². The fourth-order valence-corrected chi connectivity index (χ4v) is 2.05. The van der Waals surface area contributed by atoms with Crippen LogP contribution in [0.15, 0.2) is 16.5 Å². The normalized spacial score (nSPS) is 14.9. The van der Waals surface area contributed by atoms with Crippen molar-refractivity contribution < 1.29 is 8.63 Å². The first-order valence-electron chi connectivity index (χ1n) is 5.23. The highest BCUT2D eigenvalue weighted by Crippen LogP contribution is 2.13. The van der Waals surface area contributed by atoms with Crippen LogP contribution in [0.4, 0.5) is 0 Å². The molecule has 16 heavy (non-hydrogen) atoms. The van der Waals surface area contributed by atoms with Gasteiger partial charge in [-0.15, -0.1) is 0 Å². The summed E-state index contributed by atoms with van der Waals surface area (Å²) in [6.07, 6.45) is 3.79. The van der Waals surface area contributed by atoms with Gasteiger partial charge in [0.1, 0.15) is 11.5 Å². The van der Waals surface area contributed by atoms with Crippen molar-refractivity contribution in [1.82, 2.24) is 5.32 Å². The third-order valence-corrected chi connectivity index (χ3v) is 4.17. The topological polar surface area (TPSA) is 42.2 Å². The molecule has 1 aromatic rings. The molecular weight excluding hydrogens is 242 g/mol. The SMILES string of the molecule is CSCc1ccc(CNCC(C)S(C)=O)o1. The number of thioether (sulfide) groups is 1. The van der Waals surface area contributed by atoms with Crippen LogP contribution in [0.5, 0.6) is 0 Å². The van der Waals surface area contributed by atoms with Gasteiger partial charge in [0.15, 0.2) is 0 Å². The molecule has 0 amide bonds. The van der Waals surface area contributed by atoms with E-state index in [1.165, 1.54) is 0 Å². The van der Waals surface area contributed by atoms with Gasteiger partial charge in [0.25, 0.3) is 0 Å². The average Bonchev–Trinajstić information content (AvgIpc) is 2.66. The molecule has 0 aliphatic heterocycles. The molecule has 1 heterocycles. The van der Waals surface area contributed by atoms with Crippen molar-refractivity contribution in [3.63, 3.8) is 0 Å². The molecule has 3 nitrogen and oxygen atoms in total. The van der Waals surface area contributed by atoms with E-state index >= 15 is 0 Å². The van der Waals surface area contributed by atoms with E-state index in [1.807, 2.05) is 19.1 Å². The van der Waals surface area contributed by atoms with Crippen molar-refractivity contribution in [2.24, 2.45) is 0 Å². The first-order valence-corrected chi connectivity index (χ1v) is 8.24. The van der Waals surface area contributed by atoms with Gasteiger partial charge >= 0.3 is 0 Å². The minimum atomic E-state index is -0.762. The molecule has 0 saturated carbocycles. The Morgan fingerprint density at radius 1 is 1.50 bits per heavy atom. The van der Waals surface area contributed by atoms with Gasteiger partial charge in [-0.05, 0) is 25.3 Å². The summed E-state index contributed by atoms with van der Waals surface area (Å²) >= 11 is 1.75. The molecule has 0 radical (unpaired) electrons. The van der Waals surface area contributed by atoms with Crippen LogP contribution in [0.3, 0.4) is 0 Å². The van der Waals surface area contributed by atoms with Crippen LogP contribution in [0.1, 0.15) is 18.4 Å². The van der Waals surface area contributed by atoms with Gasteiger partial charge in [-0.25, -0.2) is 0 Å². The molecule has 0 saturated heterocycles. The van der Waals surface area contributed by atoms with Gasteiger partial charge < -0.3 is 9.73 Å². The molecule has 2 unspecified atom stereocenters. The van der Waals surface area contributed by atoms with E-state index in [4.69, 9.17) is 4.42 Å². The van der Waals surface area contributed by atoms with Gasteiger partial charge in [0.05, 0.1) is 12.3 Å². The zero-order valence-corrected chi connectivity index (χ0v) is 11.6. The molecule has 92 valence electrons. The largest absolute Gasteiger partial charge is 0.464 e. The summed E-state index contributed by atoms with van der Waals surface area (Å²) in [6.45, 7) is 3.43. The number of hydrogen-bond donors (Lipinski definition) is 1. The molecule has 1 rings (SSSR count). The molecule has 0 fully saturated rings. The second-order valence-electron chi connectivity index (χ2n) is 3.74. The van der Waals surface area contributed by atoms with Crippen molar-refractivity contribution in [1.29, 1.82) is 0 Å². The van der Waals surface area contributed by atoms with E-state index in [1.54, 1.807) is 18.0 Å².